The van der Waals surface area contributed by atoms with Crippen molar-refractivity contribution >= 4 is 10.2 Å². The van der Waals surface area contributed by atoms with Gasteiger partial charge in [-0.1, -0.05) is 60.2 Å². The van der Waals surface area contributed by atoms with Gasteiger partial charge < -0.3 is 9.72 Å². The first-order valence-corrected chi connectivity index (χ1v) is 12.9. The molecule has 3 aromatic carbocycles. The van der Waals surface area contributed by atoms with Crippen LogP contribution in [0.25, 0.3) is 22.6 Å². The van der Waals surface area contributed by atoms with Crippen molar-refractivity contribution < 1.29 is 13.2 Å². The van der Waals surface area contributed by atoms with Crippen LogP contribution in [0.3, 0.4) is 0 Å². The normalized spacial score (nSPS) is 12.4. The van der Waals surface area contributed by atoms with Gasteiger partial charge in [0.25, 0.3) is 10.2 Å². The van der Waals surface area contributed by atoms with Crippen LogP contribution in [0.2, 0.25) is 0 Å². The average Bonchev–Trinajstić information content (AvgIpc) is 3.28. The molecule has 0 saturated carbocycles. The highest BCUT2D eigenvalue weighted by molar-refractivity contribution is 7.87. The standard InChI is InChI=1S/C27H30N4O3S/c1-19-9-11-21(12-10-19)20(2)31-35(32,33)28-18-17-25-26(22-13-15-24(34-3)16-14-22)30-27(29-25)23-7-5-4-6-8-23/h4-16,20,28,31H,17-18H2,1-3H3,(H,29,30)/t20-/m1/s1. The summed E-state index contributed by atoms with van der Waals surface area (Å²) in [5.41, 5.74) is 5.58. The fourth-order valence-corrected chi connectivity index (χ4v) is 4.88. The molecule has 0 bridgehead atoms. The lowest BCUT2D eigenvalue weighted by atomic mass is 10.1. The maximum Gasteiger partial charge on any atom is 0.277 e. The summed E-state index contributed by atoms with van der Waals surface area (Å²) in [6.07, 6.45) is 0.421. The second-order valence-electron chi connectivity index (χ2n) is 8.40. The number of aromatic amines is 1. The Kier molecular flexibility index (Phi) is 7.65. The number of aromatic nitrogens is 2. The Balaban J connectivity index is 1.49. The van der Waals surface area contributed by atoms with E-state index in [-0.39, 0.29) is 12.6 Å². The van der Waals surface area contributed by atoms with Crippen LogP contribution in [0, 0.1) is 6.92 Å². The summed E-state index contributed by atoms with van der Waals surface area (Å²) in [6, 6.07) is 25.0. The number of hydrogen-bond acceptors (Lipinski definition) is 4. The van der Waals surface area contributed by atoms with Crippen molar-refractivity contribution in [3.05, 3.63) is 95.7 Å². The first kappa shape index (κ1) is 24.7. The third kappa shape index (κ3) is 6.36. The molecule has 182 valence electrons. The molecule has 0 aliphatic carbocycles. The number of imidazole rings is 1. The van der Waals surface area contributed by atoms with E-state index in [0.717, 1.165) is 45.2 Å². The zero-order valence-electron chi connectivity index (χ0n) is 20.1. The van der Waals surface area contributed by atoms with Crippen LogP contribution in [0.5, 0.6) is 5.75 Å². The van der Waals surface area contributed by atoms with Gasteiger partial charge in [0.2, 0.25) is 0 Å². The first-order chi connectivity index (χ1) is 16.8. The maximum absolute atomic E-state index is 12.7. The molecule has 3 N–H and O–H groups in total. The number of methoxy groups -OCH3 is 1. The molecule has 0 aliphatic heterocycles. The second kappa shape index (κ2) is 10.9. The molecule has 0 saturated heterocycles. The minimum atomic E-state index is -3.70. The predicted molar refractivity (Wildman–Crippen MR) is 139 cm³/mol. The Morgan fingerprint density at radius 3 is 2.29 bits per heavy atom. The van der Waals surface area contributed by atoms with Gasteiger partial charge in [-0.15, -0.1) is 0 Å². The van der Waals surface area contributed by atoms with Crippen LogP contribution < -0.4 is 14.2 Å². The summed E-state index contributed by atoms with van der Waals surface area (Å²) < 4.78 is 35.9. The van der Waals surface area contributed by atoms with Gasteiger partial charge in [-0.05, 0) is 43.7 Å². The Hall–Kier alpha value is -3.46. The average molecular weight is 491 g/mol. The predicted octanol–water partition coefficient (Wildman–Crippen LogP) is 4.79. The third-order valence-electron chi connectivity index (χ3n) is 5.77. The number of hydrogen-bond donors (Lipinski definition) is 3. The zero-order chi connectivity index (χ0) is 24.8. The van der Waals surface area contributed by atoms with E-state index in [1.54, 1.807) is 7.11 Å². The summed E-state index contributed by atoms with van der Waals surface area (Å²) in [7, 11) is -2.07. The van der Waals surface area contributed by atoms with Gasteiger partial charge in [0.1, 0.15) is 11.6 Å². The number of nitrogens with zero attached hydrogens (tertiary/aromatic N) is 1. The van der Waals surface area contributed by atoms with E-state index in [2.05, 4.69) is 14.4 Å². The highest BCUT2D eigenvalue weighted by Crippen LogP contribution is 2.28. The number of rotatable bonds is 10. The fourth-order valence-electron chi connectivity index (χ4n) is 3.82. The molecule has 0 aliphatic rings. The van der Waals surface area contributed by atoms with E-state index in [0.29, 0.717) is 6.42 Å². The molecule has 8 heteroatoms. The lowest BCUT2D eigenvalue weighted by molar-refractivity contribution is 0.415. The lowest BCUT2D eigenvalue weighted by Crippen LogP contribution is -2.39. The number of aryl methyl sites for hydroxylation is 1. The molecular weight excluding hydrogens is 460 g/mol. The number of benzene rings is 3. The van der Waals surface area contributed by atoms with Gasteiger partial charge in [-0.25, -0.2) is 9.71 Å². The topological polar surface area (TPSA) is 96.1 Å². The molecule has 0 amide bonds. The van der Waals surface area contributed by atoms with Gasteiger partial charge >= 0.3 is 0 Å². The maximum atomic E-state index is 12.7. The number of ether oxygens (including phenoxy) is 1. The van der Waals surface area contributed by atoms with Crippen molar-refractivity contribution in [3.8, 4) is 28.4 Å². The molecular formula is C27H30N4O3S. The van der Waals surface area contributed by atoms with E-state index in [1.807, 2.05) is 92.7 Å². The van der Waals surface area contributed by atoms with E-state index < -0.39 is 10.2 Å². The molecule has 1 heterocycles. The lowest BCUT2D eigenvalue weighted by Gasteiger charge is -2.15. The summed E-state index contributed by atoms with van der Waals surface area (Å²) in [6.45, 7) is 4.03. The molecule has 1 aromatic heterocycles. The van der Waals surface area contributed by atoms with Gasteiger partial charge in [0.15, 0.2) is 0 Å². The van der Waals surface area contributed by atoms with Crippen molar-refractivity contribution in [3.63, 3.8) is 0 Å². The Morgan fingerprint density at radius 1 is 0.943 bits per heavy atom. The smallest absolute Gasteiger partial charge is 0.277 e. The Bertz CT molecular complexity index is 1350. The van der Waals surface area contributed by atoms with Crippen molar-refractivity contribution in [2.45, 2.75) is 26.3 Å². The minimum absolute atomic E-state index is 0.207. The van der Waals surface area contributed by atoms with Crippen LogP contribution >= 0.6 is 0 Å². The Morgan fingerprint density at radius 2 is 1.63 bits per heavy atom. The zero-order valence-corrected chi connectivity index (χ0v) is 20.9. The summed E-state index contributed by atoms with van der Waals surface area (Å²) >= 11 is 0. The van der Waals surface area contributed by atoms with Crippen LogP contribution in [0.4, 0.5) is 0 Å². The first-order valence-electron chi connectivity index (χ1n) is 11.5. The van der Waals surface area contributed by atoms with Crippen LogP contribution in [-0.4, -0.2) is 32.0 Å². The quantitative estimate of drug-likeness (QED) is 0.298. The third-order valence-corrected chi connectivity index (χ3v) is 7.02. The monoisotopic (exact) mass is 490 g/mol. The molecule has 0 fully saturated rings. The molecule has 0 unspecified atom stereocenters. The molecule has 35 heavy (non-hydrogen) atoms. The number of nitrogens with one attached hydrogen (secondary N) is 3. The van der Waals surface area contributed by atoms with Crippen molar-refractivity contribution in [2.75, 3.05) is 13.7 Å². The number of H-pyrrole nitrogens is 1. The SMILES string of the molecule is COc1ccc(-c2[nH]c(-c3ccccc3)nc2CCNS(=O)(=O)N[C@H](C)c2ccc(C)cc2)cc1. The second-order valence-corrected chi connectivity index (χ2v) is 9.93. The van der Waals surface area contributed by atoms with Crippen molar-refractivity contribution in [1.82, 2.24) is 19.4 Å². The Labute approximate surface area is 206 Å². The van der Waals surface area contributed by atoms with E-state index >= 15 is 0 Å². The highest BCUT2D eigenvalue weighted by atomic mass is 32.2. The van der Waals surface area contributed by atoms with Gasteiger partial charge in [-0.2, -0.15) is 13.1 Å². The molecule has 1 atom stereocenters. The molecule has 0 radical (unpaired) electrons. The fraction of sp³-hybridized carbons (Fsp3) is 0.222. The minimum Gasteiger partial charge on any atom is -0.497 e. The molecule has 7 nitrogen and oxygen atoms in total. The van der Waals surface area contributed by atoms with Gasteiger partial charge in [-0.3, -0.25) is 0 Å². The largest absolute Gasteiger partial charge is 0.497 e. The summed E-state index contributed by atoms with van der Waals surface area (Å²) in [5, 5.41) is 0. The van der Waals surface area contributed by atoms with Crippen molar-refractivity contribution in [2.24, 2.45) is 0 Å². The highest BCUT2D eigenvalue weighted by Gasteiger charge is 2.17. The summed E-state index contributed by atoms with van der Waals surface area (Å²) in [5.74, 6) is 1.50. The van der Waals surface area contributed by atoms with E-state index in [4.69, 9.17) is 9.72 Å². The van der Waals surface area contributed by atoms with E-state index in [1.165, 1.54) is 0 Å². The van der Waals surface area contributed by atoms with E-state index in [9.17, 15) is 8.42 Å². The van der Waals surface area contributed by atoms with Crippen molar-refractivity contribution in [1.29, 1.82) is 0 Å². The summed E-state index contributed by atoms with van der Waals surface area (Å²) in [4.78, 5) is 8.21. The molecule has 0 spiro atoms. The van der Waals surface area contributed by atoms with Gasteiger partial charge in [0, 0.05) is 30.1 Å². The molecule has 4 aromatic rings. The van der Waals surface area contributed by atoms with Crippen LogP contribution in [0.15, 0.2) is 78.9 Å². The molecule has 4 rings (SSSR count). The van der Waals surface area contributed by atoms with Crippen LogP contribution in [-0.2, 0) is 16.6 Å². The van der Waals surface area contributed by atoms with Crippen LogP contribution in [0.1, 0.15) is 29.8 Å². The van der Waals surface area contributed by atoms with Gasteiger partial charge in [0.05, 0.1) is 18.5 Å².